The van der Waals surface area contributed by atoms with Crippen molar-refractivity contribution in [2.45, 2.75) is 20.0 Å². The lowest BCUT2D eigenvalue weighted by Crippen LogP contribution is -2.24. The monoisotopic (exact) mass is 375 g/mol. The molecule has 9 heteroatoms. The third-order valence-electron chi connectivity index (χ3n) is 4.20. The Hall–Kier alpha value is -3.36. The highest BCUT2D eigenvalue weighted by Gasteiger charge is 2.35. The van der Waals surface area contributed by atoms with Crippen LogP contribution in [-0.4, -0.2) is 21.4 Å². The number of imidazole rings is 1. The number of hydrogen-bond acceptors (Lipinski definition) is 2. The van der Waals surface area contributed by atoms with E-state index in [0.29, 0.717) is 11.0 Å². The van der Waals surface area contributed by atoms with Crippen molar-refractivity contribution in [3.8, 4) is 5.69 Å². The number of benzene rings is 2. The summed E-state index contributed by atoms with van der Waals surface area (Å²) in [5.41, 5.74) is 11.9. The highest BCUT2D eigenvalue weighted by atomic mass is 19.4. The molecule has 0 saturated carbocycles. The smallest absolute Gasteiger partial charge is 0.370 e. The fraction of sp³-hybridized carbons (Fsp3) is 0.167. The van der Waals surface area contributed by atoms with Gasteiger partial charge >= 0.3 is 6.18 Å². The zero-order chi connectivity index (χ0) is 19.9. The van der Waals surface area contributed by atoms with Crippen LogP contribution in [0.25, 0.3) is 16.7 Å². The van der Waals surface area contributed by atoms with E-state index in [1.54, 1.807) is 6.07 Å². The van der Waals surface area contributed by atoms with Crippen LogP contribution in [0.3, 0.4) is 0 Å². The molecule has 2 aromatic carbocycles. The van der Waals surface area contributed by atoms with E-state index < -0.39 is 23.6 Å². The number of nitrogens with zero attached hydrogens (tertiary/aromatic N) is 3. The molecule has 0 aliphatic heterocycles. The summed E-state index contributed by atoms with van der Waals surface area (Å²) in [5.74, 6) is -1.47. The molecule has 0 saturated heterocycles. The lowest BCUT2D eigenvalue weighted by Gasteiger charge is -2.15. The van der Waals surface area contributed by atoms with E-state index in [4.69, 9.17) is 11.5 Å². The fourth-order valence-electron chi connectivity index (χ4n) is 2.74. The van der Waals surface area contributed by atoms with Crippen LogP contribution in [0.5, 0.6) is 0 Å². The minimum atomic E-state index is -4.69. The zero-order valence-electron chi connectivity index (χ0n) is 14.5. The predicted octanol–water partition coefficient (Wildman–Crippen LogP) is 3.07. The predicted molar refractivity (Wildman–Crippen MR) is 95.7 cm³/mol. The number of nitrogens with two attached hydrogens (primary N) is 2. The van der Waals surface area contributed by atoms with Crippen LogP contribution in [0.1, 0.15) is 27.0 Å². The largest absolute Gasteiger partial charge is 0.418 e. The van der Waals surface area contributed by atoms with Gasteiger partial charge in [0.1, 0.15) is 6.33 Å². The fourth-order valence-corrected chi connectivity index (χ4v) is 2.74. The number of alkyl halides is 3. The van der Waals surface area contributed by atoms with Crippen molar-refractivity contribution in [1.82, 2.24) is 9.55 Å². The highest BCUT2D eigenvalue weighted by molar-refractivity contribution is 6.02. The summed E-state index contributed by atoms with van der Waals surface area (Å²) in [6.45, 7) is 3.77. The number of amides is 1. The van der Waals surface area contributed by atoms with E-state index in [2.05, 4.69) is 9.98 Å². The zero-order valence-corrected chi connectivity index (χ0v) is 14.5. The van der Waals surface area contributed by atoms with Gasteiger partial charge in [-0.15, -0.1) is 0 Å². The Bertz CT molecular complexity index is 1080. The first-order valence-corrected chi connectivity index (χ1v) is 7.88. The normalized spacial score (nSPS) is 11.6. The number of hydrogen-bond donors (Lipinski definition) is 2. The molecule has 0 atom stereocenters. The summed E-state index contributed by atoms with van der Waals surface area (Å²) in [5, 5.41) is 0. The third-order valence-corrected chi connectivity index (χ3v) is 4.20. The first-order chi connectivity index (χ1) is 12.6. The summed E-state index contributed by atoms with van der Waals surface area (Å²) in [6, 6.07) is 6.76. The number of rotatable bonds is 2. The topological polar surface area (TPSA) is 99.3 Å². The van der Waals surface area contributed by atoms with Crippen molar-refractivity contribution in [2.75, 3.05) is 0 Å². The Balaban J connectivity index is 2.23. The molecule has 3 rings (SSSR count). The molecule has 0 spiro atoms. The number of carbonyl (C=O) groups is 1. The Labute approximate surface area is 152 Å². The van der Waals surface area contributed by atoms with E-state index >= 15 is 0 Å². The van der Waals surface area contributed by atoms with Gasteiger partial charge in [-0.3, -0.25) is 9.36 Å². The van der Waals surface area contributed by atoms with Crippen molar-refractivity contribution >= 4 is 22.9 Å². The first kappa shape index (κ1) is 18.4. The van der Waals surface area contributed by atoms with Crippen LogP contribution in [-0.2, 0) is 6.18 Å². The summed E-state index contributed by atoms with van der Waals surface area (Å²) in [7, 11) is 0. The maximum Gasteiger partial charge on any atom is 0.418 e. The SMILES string of the molecule is Cc1cc2ncn(-c3ccc(C(=O)N=C(N)N)cc3C(F)(F)F)c2cc1C. The Kier molecular flexibility index (Phi) is 4.38. The lowest BCUT2D eigenvalue weighted by molar-refractivity contribution is -0.137. The second kappa shape index (κ2) is 6.42. The van der Waals surface area contributed by atoms with Gasteiger partial charge in [-0.2, -0.15) is 18.2 Å². The molecule has 3 aromatic rings. The van der Waals surface area contributed by atoms with Gasteiger partial charge < -0.3 is 11.5 Å². The Morgan fingerprint density at radius 3 is 2.41 bits per heavy atom. The molecule has 27 heavy (non-hydrogen) atoms. The van der Waals surface area contributed by atoms with Crippen LogP contribution in [0.4, 0.5) is 13.2 Å². The molecule has 0 radical (unpaired) electrons. The second-order valence-electron chi connectivity index (χ2n) is 6.11. The number of aryl methyl sites for hydroxylation is 2. The minimum absolute atomic E-state index is 0.144. The number of fused-ring (bicyclic) bond motifs is 1. The maximum absolute atomic E-state index is 13.7. The van der Waals surface area contributed by atoms with Crippen molar-refractivity contribution in [3.63, 3.8) is 0 Å². The summed E-state index contributed by atoms with van der Waals surface area (Å²) < 4.78 is 42.3. The molecular formula is C18H16F3N5O. The molecule has 140 valence electrons. The average molecular weight is 375 g/mol. The van der Waals surface area contributed by atoms with Crippen LogP contribution in [0.15, 0.2) is 41.7 Å². The van der Waals surface area contributed by atoms with E-state index in [1.807, 2.05) is 19.9 Å². The van der Waals surface area contributed by atoms with Crippen LogP contribution in [0, 0.1) is 13.8 Å². The summed E-state index contributed by atoms with van der Waals surface area (Å²) >= 11 is 0. The molecule has 0 fully saturated rings. The summed E-state index contributed by atoms with van der Waals surface area (Å²) in [4.78, 5) is 19.4. The second-order valence-corrected chi connectivity index (χ2v) is 6.11. The van der Waals surface area contributed by atoms with Gasteiger partial charge in [-0.25, -0.2) is 4.98 Å². The van der Waals surface area contributed by atoms with Gasteiger partial charge in [0.25, 0.3) is 5.91 Å². The standard InChI is InChI=1S/C18H16F3N5O/c1-9-5-13-15(6-10(9)2)26(8-24-13)14-4-3-11(16(27)25-17(22)23)7-12(14)18(19,20)21/h3-8H,1-2H3,(H4,22,23,25,27). The van der Waals surface area contributed by atoms with E-state index in [-0.39, 0.29) is 11.3 Å². The van der Waals surface area contributed by atoms with Crippen molar-refractivity contribution in [3.05, 3.63) is 58.9 Å². The van der Waals surface area contributed by atoms with Gasteiger partial charge in [0.15, 0.2) is 5.96 Å². The molecule has 1 heterocycles. The number of aliphatic imine (C=N–C) groups is 1. The Morgan fingerprint density at radius 2 is 1.78 bits per heavy atom. The van der Waals surface area contributed by atoms with Gasteiger partial charge in [0, 0.05) is 5.56 Å². The quantitative estimate of drug-likeness (QED) is 0.531. The van der Waals surface area contributed by atoms with Crippen molar-refractivity contribution in [2.24, 2.45) is 16.5 Å². The molecule has 4 N–H and O–H groups in total. The first-order valence-electron chi connectivity index (χ1n) is 7.88. The van der Waals surface area contributed by atoms with Crippen LogP contribution in [0.2, 0.25) is 0 Å². The van der Waals surface area contributed by atoms with Crippen molar-refractivity contribution in [1.29, 1.82) is 0 Å². The molecule has 0 aliphatic carbocycles. The van der Waals surface area contributed by atoms with Crippen molar-refractivity contribution < 1.29 is 18.0 Å². The van der Waals surface area contributed by atoms with Gasteiger partial charge in [0.05, 0.1) is 22.3 Å². The number of carbonyl (C=O) groups excluding carboxylic acids is 1. The highest BCUT2D eigenvalue weighted by Crippen LogP contribution is 2.36. The summed E-state index contributed by atoms with van der Waals surface area (Å²) in [6.07, 6.45) is -3.37. The van der Waals surface area contributed by atoms with Gasteiger partial charge in [0.2, 0.25) is 0 Å². The third kappa shape index (κ3) is 3.48. The number of aromatic nitrogens is 2. The Morgan fingerprint density at radius 1 is 1.11 bits per heavy atom. The van der Waals surface area contributed by atoms with Crippen LogP contribution < -0.4 is 11.5 Å². The van der Waals surface area contributed by atoms with E-state index in [0.717, 1.165) is 17.2 Å². The molecule has 1 aromatic heterocycles. The van der Waals surface area contributed by atoms with Gasteiger partial charge in [-0.05, 0) is 55.3 Å². The van der Waals surface area contributed by atoms with E-state index in [1.165, 1.54) is 23.0 Å². The molecule has 1 amide bonds. The van der Waals surface area contributed by atoms with E-state index in [9.17, 15) is 18.0 Å². The van der Waals surface area contributed by atoms with Crippen LogP contribution >= 0.6 is 0 Å². The lowest BCUT2D eigenvalue weighted by atomic mass is 10.1. The minimum Gasteiger partial charge on any atom is -0.370 e. The molecule has 0 unspecified atom stereocenters. The molecule has 0 aliphatic rings. The molecular weight excluding hydrogens is 359 g/mol. The number of halogens is 3. The maximum atomic E-state index is 13.7. The molecule has 6 nitrogen and oxygen atoms in total. The average Bonchev–Trinajstić information content (AvgIpc) is 2.96. The molecule has 0 bridgehead atoms. The number of guanidine groups is 1. The van der Waals surface area contributed by atoms with Gasteiger partial charge in [-0.1, -0.05) is 0 Å².